The van der Waals surface area contributed by atoms with Crippen LogP contribution < -0.4 is 16.0 Å². The molecule has 3 N–H and O–H groups in total. The second kappa shape index (κ2) is 13.2. The van der Waals surface area contributed by atoms with E-state index in [-0.39, 0.29) is 49.2 Å². The minimum absolute atomic E-state index is 0. The molecule has 1 aliphatic rings. The molecule has 1 aromatic heterocycles. The molecule has 11 heteroatoms. The van der Waals surface area contributed by atoms with Crippen LogP contribution in [0, 0.1) is 0 Å². The predicted molar refractivity (Wildman–Crippen MR) is 111 cm³/mol. The third kappa shape index (κ3) is 9.63. The van der Waals surface area contributed by atoms with E-state index in [1.54, 1.807) is 12.4 Å². The Morgan fingerprint density at radius 3 is 2.81 bits per heavy atom. The fourth-order valence-electron chi connectivity index (χ4n) is 2.32. The molecule has 0 aliphatic carbocycles. The molecule has 1 aliphatic heterocycles. The molecule has 26 heavy (non-hydrogen) atoms. The number of amides is 2. The van der Waals surface area contributed by atoms with E-state index in [2.05, 4.69) is 21.0 Å². The standard InChI is InChI=1S/C15H26N6O2S.2ClH/c1-20(2)5-3-17-15(23)10-21-9-13(8-18-21)19-14(22)7-12-11-24-6-4-16-12;;/h8-9,12,16H,3-7,10-11H2,1-2H3,(H,17,23)(H,19,22);2*1H. The number of rotatable bonds is 8. The van der Waals surface area contributed by atoms with Crippen molar-refractivity contribution in [3.05, 3.63) is 12.4 Å². The molecule has 150 valence electrons. The molecule has 2 heterocycles. The van der Waals surface area contributed by atoms with E-state index in [1.165, 1.54) is 4.68 Å². The molecule has 1 atom stereocenters. The zero-order valence-electron chi connectivity index (χ0n) is 15.1. The number of hydrogen-bond donors (Lipinski definition) is 3. The van der Waals surface area contributed by atoms with Gasteiger partial charge in [0, 0.05) is 49.8 Å². The summed E-state index contributed by atoms with van der Waals surface area (Å²) in [5, 5.41) is 13.1. The van der Waals surface area contributed by atoms with Crippen molar-refractivity contribution >= 4 is 54.1 Å². The van der Waals surface area contributed by atoms with E-state index < -0.39 is 0 Å². The molecule has 2 rings (SSSR count). The van der Waals surface area contributed by atoms with Crippen LogP contribution in [0.3, 0.4) is 0 Å². The number of carbonyl (C=O) groups excluding carboxylic acids is 2. The highest BCUT2D eigenvalue weighted by Crippen LogP contribution is 2.12. The van der Waals surface area contributed by atoms with Crippen molar-refractivity contribution in [3.63, 3.8) is 0 Å². The maximum absolute atomic E-state index is 12.0. The Morgan fingerprint density at radius 2 is 2.15 bits per heavy atom. The van der Waals surface area contributed by atoms with Crippen LogP contribution in [0.2, 0.25) is 0 Å². The molecule has 0 spiro atoms. The van der Waals surface area contributed by atoms with Crippen molar-refractivity contribution in [2.24, 2.45) is 0 Å². The lowest BCUT2D eigenvalue weighted by molar-refractivity contribution is -0.121. The second-order valence-corrected chi connectivity index (χ2v) is 7.21. The first-order valence-corrected chi connectivity index (χ1v) is 9.23. The van der Waals surface area contributed by atoms with Gasteiger partial charge in [-0.1, -0.05) is 0 Å². The van der Waals surface area contributed by atoms with Crippen molar-refractivity contribution < 1.29 is 9.59 Å². The van der Waals surface area contributed by atoms with E-state index in [4.69, 9.17) is 0 Å². The first kappa shape index (κ1) is 25.0. The van der Waals surface area contributed by atoms with Crippen LogP contribution in [0.4, 0.5) is 5.69 Å². The maximum Gasteiger partial charge on any atom is 0.241 e. The molecule has 0 radical (unpaired) electrons. The van der Waals surface area contributed by atoms with Crippen LogP contribution in [-0.2, 0) is 16.1 Å². The lowest BCUT2D eigenvalue weighted by atomic mass is 10.2. The van der Waals surface area contributed by atoms with Crippen LogP contribution in [0.1, 0.15) is 6.42 Å². The molecule has 0 bridgehead atoms. The number of aromatic nitrogens is 2. The van der Waals surface area contributed by atoms with Crippen molar-refractivity contribution in [3.8, 4) is 0 Å². The number of halogens is 2. The average Bonchev–Trinajstić information content (AvgIpc) is 2.94. The fraction of sp³-hybridized carbons (Fsp3) is 0.667. The molecular weight excluding hydrogens is 399 g/mol. The van der Waals surface area contributed by atoms with Gasteiger partial charge in [-0.25, -0.2) is 0 Å². The summed E-state index contributed by atoms with van der Waals surface area (Å²) in [5.41, 5.74) is 0.615. The van der Waals surface area contributed by atoms with Gasteiger partial charge < -0.3 is 20.9 Å². The van der Waals surface area contributed by atoms with Crippen molar-refractivity contribution in [1.82, 2.24) is 25.3 Å². The number of likely N-dealkylation sites (N-methyl/N-ethyl adjacent to an activating group) is 1. The van der Waals surface area contributed by atoms with Crippen LogP contribution in [0.5, 0.6) is 0 Å². The third-order valence-electron chi connectivity index (χ3n) is 3.53. The SMILES string of the molecule is CN(C)CCNC(=O)Cn1cc(NC(=O)CC2CSCCN2)cn1.Cl.Cl. The van der Waals surface area contributed by atoms with Gasteiger partial charge in [0.2, 0.25) is 11.8 Å². The van der Waals surface area contributed by atoms with Crippen molar-refractivity contribution in [2.45, 2.75) is 19.0 Å². The van der Waals surface area contributed by atoms with Gasteiger partial charge in [-0.2, -0.15) is 16.9 Å². The molecule has 1 unspecified atom stereocenters. The monoisotopic (exact) mass is 426 g/mol. The van der Waals surface area contributed by atoms with E-state index in [9.17, 15) is 9.59 Å². The van der Waals surface area contributed by atoms with Crippen molar-refractivity contribution in [2.75, 3.05) is 50.6 Å². The topological polar surface area (TPSA) is 91.3 Å². The molecular formula is C15H28Cl2N6O2S. The zero-order chi connectivity index (χ0) is 17.4. The van der Waals surface area contributed by atoms with Gasteiger partial charge >= 0.3 is 0 Å². The molecule has 0 saturated carbocycles. The largest absolute Gasteiger partial charge is 0.353 e. The zero-order valence-corrected chi connectivity index (χ0v) is 17.5. The average molecular weight is 427 g/mol. The van der Waals surface area contributed by atoms with Crippen LogP contribution in [-0.4, -0.2) is 77.8 Å². The lowest BCUT2D eigenvalue weighted by Crippen LogP contribution is -2.39. The number of nitrogens with one attached hydrogen (secondary N) is 3. The second-order valence-electron chi connectivity index (χ2n) is 6.06. The number of carbonyl (C=O) groups is 2. The minimum atomic E-state index is -0.0961. The van der Waals surface area contributed by atoms with Gasteiger partial charge in [-0.05, 0) is 14.1 Å². The Morgan fingerprint density at radius 1 is 1.38 bits per heavy atom. The number of anilines is 1. The Hall–Kier alpha value is -1.000. The van der Waals surface area contributed by atoms with Crippen molar-refractivity contribution in [1.29, 1.82) is 0 Å². The predicted octanol–water partition coefficient (Wildman–Crippen LogP) is 0.438. The molecule has 2 amide bonds. The number of hydrogen-bond acceptors (Lipinski definition) is 6. The molecule has 1 aromatic rings. The highest BCUT2D eigenvalue weighted by atomic mass is 35.5. The Bertz CT molecular complexity index is 552. The van der Waals surface area contributed by atoms with Gasteiger partial charge in [0.15, 0.2) is 0 Å². The van der Waals surface area contributed by atoms with Gasteiger partial charge in [0.25, 0.3) is 0 Å². The first-order chi connectivity index (χ1) is 11.5. The highest BCUT2D eigenvalue weighted by molar-refractivity contribution is 7.99. The van der Waals surface area contributed by atoms with Crippen LogP contribution in [0.25, 0.3) is 0 Å². The molecule has 1 saturated heterocycles. The maximum atomic E-state index is 12.0. The quantitative estimate of drug-likeness (QED) is 0.558. The molecule has 0 aromatic carbocycles. The Balaban J connectivity index is 0.00000312. The Labute approximate surface area is 171 Å². The lowest BCUT2D eigenvalue weighted by Gasteiger charge is -2.22. The van der Waals surface area contributed by atoms with E-state index in [0.29, 0.717) is 18.7 Å². The van der Waals surface area contributed by atoms with E-state index in [1.807, 2.05) is 30.8 Å². The normalized spacial score (nSPS) is 16.3. The van der Waals surface area contributed by atoms with Gasteiger partial charge in [-0.3, -0.25) is 14.3 Å². The summed E-state index contributed by atoms with van der Waals surface area (Å²) in [4.78, 5) is 25.8. The molecule has 1 fully saturated rings. The fourth-order valence-corrected chi connectivity index (χ4v) is 3.27. The first-order valence-electron chi connectivity index (χ1n) is 8.08. The summed E-state index contributed by atoms with van der Waals surface area (Å²) in [6.45, 7) is 2.48. The van der Waals surface area contributed by atoms with Gasteiger partial charge in [0.05, 0.1) is 11.9 Å². The number of thioether (sulfide) groups is 1. The summed E-state index contributed by atoms with van der Waals surface area (Å²) in [6, 6.07) is 0.223. The third-order valence-corrected chi connectivity index (χ3v) is 4.66. The summed E-state index contributed by atoms with van der Waals surface area (Å²) < 4.78 is 1.52. The highest BCUT2D eigenvalue weighted by Gasteiger charge is 2.17. The van der Waals surface area contributed by atoms with Crippen LogP contribution in [0.15, 0.2) is 12.4 Å². The summed E-state index contributed by atoms with van der Waals surface area (Å²) in [7, 11) is 3.91. The summed E-state index contributed by atoms with van der Waals surface area (Å²) in [5.74, 6) is 1.92. The van der Waals surface area contributed by atoms with E-state index >= 15 is 0 Å². The minimum Gasteiger partial charge on any atom is -0.353 e. The van der Waals surface area contributed by atoms with Gasteiger partial charge in [0.1, 0.15) is 6.54 Å². The Kier molecular flexibility index (Phi) is 12.7. The van der Waals surface area contributed by atoms with E-state index in [0.717, 1.165) is 24.6 Å². The summed E-state index contributed by atoms with van der Waals surface area (Å²) >= 11 is 1.86. The summed E-state index contributed by atoms with van der Waals surface area (Å²) in [6.07, 6.45) is 3.68. The molecule has 8 nitrogen and oxygen atoms in total. The smallest absolute Gasteiger partial charge is 0.241 e. The van der Waals surface area contributed by atoms with Gasteiger partial charge in [-0.15, -0.1) is 24.8 Å². The van der Waals surface area contributed by atoms with Crippen LogP contribution >= 0.6 is 36.6 Å². The number of nitrogens with zero attached hydrogens (tertiary/aromatic N) is 3.